The monoisotopic (exact) mass is 430 g/mol. The van der Waals surface area contributed by atoms with Crippen LogP contribution in [0.2, 0.25) is 0 Å². The van der Waals surface area contributed by atoms with E-state index in [9.17, 15) is 30.8 Å². The van der Waals surface area contributed by atoms with Crippen molar-refractivity contribution in [3.05, 3.63) is 65.5 Å². The highest BCUT2D eigenvalue weighted by Gasteiger charge is 2.39. The first-order valence-corrected chi connectivity index (χ1v) is 10.2. The molecule has 0 saturated carbocycles. The summed E-state index contributed by atoms with van der Waals surface area (Å²) in [4.78, 5) is 13.0. The number of benzene rings is 2. The fourth-order valence-electron chi connectivity index (χ4n) is 3.13. The first-order valence-electron chi connectivity index (χ1n) is 8.77. The number of halogens is 4. The van der Waals surface area contributed by atoms with Crippen LogP contribution in [0.1, 0.15) is 11.1 Å². The minimum absolute atomic E-state index is 0.0317. The minimum Gasteiger partial charge on any atom is -0.340 e. The summed E-state index contributed by atoms with van der Waals surface area (Å²) in [5, 5.41) is 0. The number of piperazine rings is 1. The lowest BCUT2D eigenvalue weighted by molar-refractivity contribution is -0.139. The zero-order chi connectivity index (χ0) is 21.2. The second kappa shape index (κ2) is 8.11. The van der Waals surface area contributed by atoms with E-state index in [1.54, 1.807) is 0 Å². The molecule has 1 amide bonds. The molecule has 1 fully saturated rings. The maximum absolute atomic E-state index is 13.2. The van der Waals surface area contributed by atoms with Crippen LogP contribution >= 0.6 is 0 Å². The summed E-state index contributed by atoms with van der Waals surface area (Å²) in [5.74, 6) is -0.677. The van der Waals surface area contributed by atoms with Gasteiger partial charge < -0.3 is 4.90 Å². The Morgan fingerprint density at radius 1 is 0.931 bits per heavy atom. The summed E-state index contributed by atoms with van der Waals surface area (Å²) < 4.78 is 78.9. The van der Waals surface area contributed by atoms with Gasteiger partial charge in [0.25, 0.3) is 0 Å². The van der Waals surface area contributed by atoms with Crippen LogP contribution in [0.25, 0.3) is 0 Å². The number of carbonyl (C=O) groups is 1. The van der Waals surface area contributed by atoms with E-state index >= 15 is 0 Å². The van der Waals surface area contributed by atoms with E-state index < -0.39 is 32.5 Å². The predicted octanol–water partition coefficient (Wildman–Crippen LogP) is 2.92. The molecule has 29 heavy (non-hydrogen) atoms. The largest absolute Gasteiger partial charge is 0.417 e. The van der Waals surface area contributed by atoms with Gasteiger partial charge in [0.2, 0.25) is 15.9 Å². The molecular weight excluding hydrogens is 412 g/mol. The third kappa shape index (κ3) is 4.76. The van der Waals surface area contributed by atoms with Crippen molar-refractivity contribution >= 4 is 15.9 Å². The molecular formula is C19H18F4N2O3S. The third-order valence-electron chi connectivity index (χ3n) is 4.67. The first kappa shape index (κ1) is 21.3. The van der Waals surface area contributed by atoms with Gasteiger partial charge >= 0.3 is 6.18 Å². The van der Waals surface area contributed by atoms with Crippen molar-refractivity contribution in [3.63, 3.8) is 0 Å². The summed E-state index contributed by atoms with van der Waals surface area (Å²) in [7, 11) is -4.35. The molecule has 2 aromatic rings. The number of nitrogens with zero attached hydrogens (tertiary/aromatic N) is 2. The highest BCUT2D eigenvalue weighted by Crippen LogP contribution is 2.35. The van der Waals surface area contributed by atoms with Crippen LogP contribution in [0.15, 0.2) is 53.4 Å². The van der Waals surface area contributed by atoms with Crippen molar-refractivity contribution in [2.75, 3.05) is 26.2 Å². The number of alkyl halides is 3. The summed E-state index contributed by atoms with van der Waals surface area (Å²) in [6.45, 7) is -0.0890. The Balaban J connectivity index is 1.69. The quantitative estimate of drug-likeness (QED) is 0.701. The number of amides is 1. The highest BCUT2D eigenvalue weighted by atomic mass is 32.2. The Bertz CT molecular complexity index is 983. The van der Waals surface area contributed by atoms with Gasteiger partial charge in [0, 0.05) is 26.2 Å². The average molecular weight is 430 g/mol. The van der Waals surface area contributed by atoms with Crippen molar-refractivity contribution < 1.29 is 30.8 Å². The molecule has 0 bridgehead atoms. The Labute approximate surface area is 165 Å². The summed E-state index contributed by atoms with van der Waals surface area (Å²) >= 11 is 0. The molecule has 0 aromatic heterocycles. The highest BCUT2D eigenvalue weighted by molar-refractivity contribution is 7.89. The van der Waals surface area contributed by atoms with Gasteiger partial charge in [-0.3, -0.25) is 4.79 Å². The molecule has 0 unspecified atom stereocenters. The van der Waals surface area contributed by atoms with Gasteiger partial charge in [-0.2, -0.15) is 17.5 Å². The lowest BCUT2D eigenvalue weighted by atomic mass is 10.1. The molecule has 1 heterocycles. The van der Waals surface area contributed by atoms with Crippen LogP contribution in [0, 0.1) is 5.82 Å². The van der Waals surface area contributed by atoms with Crippen molar-refractivity contribution in [2.24, 2.45) is 0 Å². The molecule has 0 atom stereocenters. The second-order valence-electron chi connectivity index (χ2n) is 6.58. The van der Waals surface area contributed by atoms with Crippen LogP contribution in [-0.4, -0.2) is 49.7 Å². The van der Waals surface area contributed by atoms with E-state index in [0.29, 0.717) is 5.56 Å². The maximum Gasteiger partial charge on any atom is 0.417 e. The normalized spacial score (nSPS) is 16.1. The molecule has 0 aliphatic carbocycles. The van der Waals surface area contributed by atoms with Gasteiger partial charge in [0.15, 0.2) is 0 Å². The van der Waals surface area contributed by atoms with Crippen molar-refractivity contribution in [1.29, 1.82) is 0 Å². The Morgan fingerprint density at radius 3 is 2.10 bits per heavy atom. The number of carbonyl (C=O) groups excluding carboxylic acids is 1. The Morgan fingerprint density at radius 2 is 1.52 bits per heavy atom. The number of hydrogen-bond acceptors (Lipinski definition) is 3. The van der Waals surface area contributed by atoms with Crippen LogP contribution in [-0.2, 0) is 27.4 Å². The zero-order valence-corrected chi connectivity index (χ0v) is 16.0. The van der Waals surface area contributed by atoms with Crippen LogP contribution < -0.4 is 0 Å². The van der Waals surface area contributed by atoms with E-state index in [2.05, 4.69) is 0 Å². The SMILES string of the molecule is O=C(Cc1ccc(F)cc1)N1CCN(S(=O)(=O)c2ccccc2C(F)(F)F)CC1. The maximum atomic E-state index is 13.2. The van der Waals surface area contributed by atoms with E-state index in [-0.39, 0.29) is 38.5 Å². The lowest BCUT2D eigenvalue weighted by Gasteiger charge is -2.34. The lowest BCUT2D eigenvalue weighted by Crippen LogP contribution is -2.51. The fourth-order valence-corrected chi connectivity index (χ4v) is 4.77. The molecule has 3 rings (SSSR count). The first-order chi connectivity index (χ1) is 13.6. The van der Waals surface area contributed by atoms with Crippen molar-refractivity contribution in [3.8, 4) is 0 Å². The molecule has 0 spiro atoms. The van der Waals surface area contributed by atoms with Gasteiger partial charge in [-0.25, -0.2) is 12.8 Å². The molecule has 1 aliphatic heterocycles. The number of sulfonamides is 1. The number of rotatable bonds is 4. The molecule has 10 heteroatoms. The van der Waals surface area contributed by atoms with Gasteiger partial charge in [-0.1, -0.05) is 24.3 Å². The van der Waals surface area contributed by atoms with Crippen LogP contribution in [0.5, 0.6) is 0 Å². The predicted molar refractivity (Wildman–Crippen MR) is 96.9 cm³/mol. The third-order valence-corrected chi connectivity index (χ3v) is 6.63. The summed E-state index contributed by atoms with van der Waals surface area (Å²) in [5.41, 5.74) is -0.597. The Kier molecular flexibility index (Phi) is 5.95. The van der Waals surface area contributed by atoms with Crippen molar-refractivity contribution in [2.45, 2.75) is 17.5 Å². The van der Waals surface area contributed by atoms with Crippen LogP contribution in [0.4, 0.5) is 17.6 Å². The van der Waals surface area contributed by atoms with Gasteiger partial charge in [0.05, 0.1) is 16.9 Å². The standard InChI is InChI=1S/C19H18F4N2O3S/c20-15-7-5-14(6-8-15)13-18(26)24-9-11-25(12-10-24)29(27,28)17-4-2-1-3-16(17)19(21,22)23/h1-8H,9-13H2. The molecule has 0 N–H and O–H groups in total. The Hall–Kier alpha value is -2.46. The smallest absolute Gasteiger partial charge is 0.340 e. The summed E-state index contributed by atoms with van der Waals surface area (Å²) in [6, 6.07) is 9.50. The minimum atomic E-state index is -4.80. The van der Waals surface area contributed by atoms with Gasteiger partial charge in [0.1, 0.15) is 5.82 Å². The summed E-state index contributed by atoms with van der Waals surface area (Å²) in [6.07, 6.45) is -4.76. The van der Waals surface area contributed by atoms with Gasteiger partial charge in [-0.15, -0.1) is 0 Å². The molecule has 1 saturated heterocycles. The second-order valence-corrected chi connectivity index (χ2v) is 8.49. The van der Waals surface area contributed by atoms with E-state index in [0.717, 1.165) is 22.5 Å². The fraction of sp³-hybridized carbons (Fsp3) is 0.316. The van der Waals surface area contributed by atoms with Gasteiger partial charge in [-0.05, 0) is 29.8 Å². The molecule has 156 valence electrons. The molecule has 0 radical (unpaired) electrons. The average Bonchev–Trinajstić information content (AvgIpc) is 2.69. The zero-order valence-electron chi connectivity index (χ0n) is 15.2. The molecule has 5 nitrogen and oxygen atoms in total. The number of hydrogen-bond donors (Lipinski definition) is 0. The topological polar surface area (TPSA) is 57.7 Å². The van der Waals surface area contributed by atoms with Crippen molar-refractivity contribution in [1.82, 2.24) is 9.21 Å². The van der Waals surface area contributed by atoms with E-state index in [4.69, 9.17) is 0 Å². The molecule has 2 aromatic carbocycles. The van der Waals surface area contributed by atoms with E-state index in [1.807, 2.05) is 0 Å². The van der Waals surface area contributed by atoms with Crippen LogP contribution in [0.3, 0.4) is 0 Å². The molecule has 1 aliphatic rings. The van der Waals surface area contributed by atoms with E-state index in [1.165, 1.54) is 35.2 Å².